The molecule has 9 nitrogen and oxygen atoms in total. The van der Waals surface area contributed by atoms with Crippen LogP contribution in [0.4, 0.5) is 14.9 Å². The Morgan fingerprint density at radius 3 is 2.67 bits per heavy atom. The van der Waals surface area contributed by atoms with E-state index in [1.54, 1.807) is 17.0 Å². The van der Waals surface area contributed by atoms with Gasteiger partial charge in [0.1, 0.15) is 5.82 Å². The largest absolute Gasteiger partial charge is 0.447 e. The van der Waals surface area contributed by atoms with Crippen molar-refractivity contribution in [3.05, 3.63) is 35.7 Å². The van der Waals surface area contributed by atoms with Crippen molar-refractivity contribution in [2.75, 3.05) is 38.2 Å². The molecule has 2 fully saturated rings. The second-order valence-electron chi connectivity index (χ2n) is 8.55. The summed E-state index contributed by atoms with van der Waals surface area (Å²) in [5.74, 6) is 1.17. The summed E-state index contributed by atoms with van der Waals surface area (Å²) in [7, 11) is 1.40. The number of hydrogen-bond acceptors (Lipinski definition) is 9. The molecular formula is C22H29FN4O5S. The Balaban J connectivity index is 1.32. The molecule has 11 heteroatoms. The summed E-state index contributed by atoms with van der Waals surface area (Å²) in [5, 5.41) is 4.22. The number of nitrogens with zero attached hydrogens (tertiary/aromatic N) is 4. The highest BCUT2D eigenvalue weighted by Crippen LogP contribution is 2.34. The predicted molar refractivity (Wildman–Crippen MR) is 119 cm³/mol. The first-order valence-electron chi connectivity index (χ1n) is 11.2. The van der Waals surface area contributed by atoms with Gasteiger partial charge in [-0.05, 0) is 51.3 Å². The van der Waals surface area contributed by atoms with Crippen molar-refractivity contribution in [1.29, 1.82) is 0 Å². The van der Waals surface area contributed by atoms with Crippen molar-refractivity contribution in [2.45, 2.75) is 55.9 Å². The zero-order valence-electron chi connectivity index (χ0n) is 19.0. The van der Waals surface area contributed by atoms with E-state index in [0.29, 0.717) is 48.5 Å². The van der Waals surface area contributed by atoms with Gasteiger partial charge in [-0.25, -0.2) is 14.1 Å². The zero-order chi connectivity index (χ0) is 23.4. The third kappa shape index (κ3) is 5.77. The van der Waals surface area contributed by atoms with Crippen LogP contribution in [0.25, 0.3) is 0 Å². The fourth-order valence-electron chi connectivity index (χ4n) is 4.23. The molecule has 33 heavy (non-hydrogen) atoms. The topological polar surface area (TPSA) is 90.2 Å². The lowest BCUT2D eigenvalue weighted by Gasteiger charge is -2.30. The van der Waals surface area contributed by atoms with Crippen LogP contribution in [0.15, 0.2) is 27.6 Å². The fraction of sp³-hybridized carbons (Fsp3) is 0.591. The van der Waals surface area contributed by atoms with Gasteiger partial charge in [-0.3, -0.25) is 0 Å². The maximum absolute atomic E-state index is 14.6. The Morgan fingerprint density at radius 1 is 1.21 bits per heavy atom. The molecule has 2 aliphatic rings. The third-order valence-corrected chi connectivity index (χ3v) is 6.56. The lowest BCUT2D eigenvalue weighted by Crippen LogP contribution is -2.39. The van der Waals surface area contributed by atoms with Crippen molar-refractivity contribution < 1.29 is 27.7 Å². The van der Waals surface area contributed by atoms with Crippen molar-refractivity contribution in [2.24, 2.45) is 0 Å². The normalized spacial score (nSPS) is 19.5. The van der Waals surface area contributed by atoms with Gasteiger partial charge in [0.05, 0.1) is 36.9 Å². The Labute approximate surface area is 196 Å². The van der Waals surface area contributed by atoms with E-state index < -0.39 is 0 Å². The highest BCUT2D eigenvalue weighted by atomic mass is 32.2. The maximum atomic E-state index is 14.6. The highest BCUT2D eigenvalue weighted by molar-refractivity contribution is 7.94. The van der Waals surface area contributed by atoms with Gasteiger partial charge < -0.3 is 19.1 Å². The van der Waals surface area contributed by atoms with Gasteiger partial charge in [0.15, 0.2) is 5.82 Å². The van der Waals surface area contributed by atoms with E-state index in [-0.39, 0.29) is 29.9 Å². The molecule has 2 saturated heterocycles. The van der Waals surface area contributed by atoms with Gasteiger partial charge in [-0.1, -0.05) is 5.16 Å². The van der Waals surface area contributed by atoms with Gasteiger partial charge >= 0.3 is 6.09 Å². The molecule has 3 heterocycles. The first-order chi connectivity index (χ1) is 15.9. The molecule has 0 unspecified atom stereocenters. The van der Waals surface area contributed by atoms with Gasteiger partial charge in [0, 0.05) is 37.0 Å². The number of carbonyl (C=O) groups is 1. The average Bonchev–Trinajstić information content (AvgIpc) is 3.47. The Kier molecular flexibility index (Phi) is 7.71. The SMILES string of the molecule is COOSc1ccc(N2CC[C@H](c3nc(C4CCN(C(=O)OC(C)C)CC4)no3)C2)c(F)c1. The molecule has 4 rings (SSSR count). The minimum Gasteiger partial charge on any atom is -0.447 e. The van der Waals surface area contributed by atoms with Crippen LogP contribution < -0.4 is 4.90 Å². The summed E-state index contributed by atoms with van der Waals surface area (Å²) in [6.45, 7) is 6.22. The van der Waals surface area contributed by atoms with Gasteiger partial charge in [0.25, 0.3) is 0 Å². The summed E-state index contributed by atoms with van der Waals surface area (Å²) in [6, 6.07) is 4.97. The first kappa shape index (κ1) is 23.8. The molecule has 1 aromatic carbocycles. The van der Waals surface area contributed by atoms with Crippen LogP contribution in [0.3, 0.4) is 0 Å². The number of piperidine rings is 1. The summed E-state index contributed by atoms with van der Waals surface area (Å²) in [5.41, 5.74) is 0.541. The minimum atomic E-state index is -0.311. The molecule has 0 N–H and O–H groups in total. The molecule has 2 aromatic rings. The summed E-state index contributed by atoms with van der Waals surface area (Å²) >= 11 is 0.961. The summed E-state index contributed by atoms with van der Waals surface area (Å²) < 4.78 is 30.3. The van der Waals surface area contributed by atoms with E-state index in [1.165, 1.54) is 13.2 Å². The van der Waals surface area contributed by atoms with Crippen molar-refractivity contribution in [3.8, 4) is 0 Å². The number of hydrogen-bond donors (Lipinski definition) is 0. The van der Waals surface area contributed by atoms with Crippen molar-refractivity contribution in [3.63, 3.8) is 0 Å². The summed E-state index contributed by atoms with van der Waals surface area (Å²) in [4.78, 5) is 25.6. The van der Waals surface area contributed by atoms with Gasteiger partial charge in [-0.15, -0.1) is 0 Å². The number of ether oxygens (including phenoxy) is 1. The van der Waals surface area contributed by atoms with Crippen LogP contribution in [0, 0.1) is 5.82 Å². The number of aromatic nitrogens is 2. The van der Waals surface area contributed by atoms with Crippen molar-refractivity contribution >= 4 is 23.8 Å². The fourth-order valence-corrected chi connectivity index (χ4v) is 4.65. The highest BCUT2D eigenvalue weighted by Gasteiger charge is 2.32. The number of rotatable bonds is 7. The molecule has 180 valence electrons. The number of amides is 1. The Bertz CT molecular complexity index is 951. The molecule has 0 bridgehead atoms. The van der Waals surface area contributed by atoms with Crippen LogP contribution in [0.5, 0.6) is 0 Å². The predicted octanol–water partition coefficient (Wildman–Crippen LogP) is 4.51. The van der Waals surface area contributed by atoms with Crippen molar-refractivity contribution in [1.82, 2.24) is 15.0 Å². The molecule has 0 saturated carbocycles. The molecule has 1 atom stereocenters. The summed E-state index contributed by atoms with van der Waals surface area (Å²) in [6.07, 6.45) is 1.95. The maximum Gasteiger partial charge on any atom is 0.410 e. The lowest BCUT2D eigenvalue weighted by atomic mass is 9.96. The standard InChI is InChI=1S/C22H29FN4O5S/c1-14(2)30-22(28)26-9-6-15(7-10-26)20-24-21(31-25-20)16-8-11-27(13-16)19-5-4-17(12-18(19)23)33-32-29-3/h4-5,12,14-16H,6-11,13H2,1-3H3/t16-/m0/s1. The van der Waals surface area contributed by atoms with Gasteiger partial charge in [0.2, 0.25) is 5.89 Å². The van der Waals surface area contributed by atoms with E-state index in [9.17, 15) is 9.18 Å². The second-order valence-corrected chi connectivity index (χ2v) is 9.32. The van der Waals surface area contributed by atoms with Crippen LogP contribution in [0.2, 0.25) is 0 Å². The third-order valence-electron chi connectivity index (χ3n) is 5.91. The van der Waals surface area contributed by atoms with E-state index in [0.717, 1.165) is 31.3 Å². The number of halogens is 1. The van der Waals surface area contributed by atoms with E-state index in [1.807, 2.05) is 18.7 Å². The van der Waals surface area contributed by atoms with E-state index in [4.69, 9.17) is 13.6 Å². The first-order valence-corrected chi connectivity index (χ1v) is 11.9. The minimum absolute atomic E-state index is 0.0534. The average molecular weight is 481 g/mol. The van der Waals surface area contributed by atoms with Gasteiger partial charge in [-0.2, -0.15) is 9.32 Å². The van der Waals surface area contributed by atoms with E-state index >= 15 is 0 Å². The molecule has 1 amide bonds. The monoisotopic (exact) mass is 480 g/mol. The van der Waals surface area contributed by atoms with Crippen LogP contribution in [-0.2, 0) is 14.0 Å². The Morgan fingerprint density at radius 2 is 1.97 bits per heavy atom. The second kappa shape index (κ2) is 10.7. The van der Waals surface area contributed by atoms with Crippen LogP contribution in [0.1, 0.15) is 56.7 Å². The number of likely N-dealkylation sites (tertiary alicyclic amines) is 1. The quantitative estimate of drug-likeness (QED) is 0.322. The Hall–Kier alpha value is -2.37. The molecule has 2 aliphatic heterocycles. The molecule has 0 spiro atoms. The number of anilines is 1. The number of carbonyl (C=O) groups excluding carboxylic acids is 1. The molecule has 0 radical (unpaired) electrons. The van der Waals surface area contributed by atoms with Crippen LogP contribution >= 0.6 is 12.0 Å². The molecular weight excluding hydrogens is 451 g/mol. The lowest BCUT2D eigenvalue weighted by molar-refractivity contribution is -0.160. The molecule has 1 aromatic heterocycles. The smallest absolute Gasteiger partial charge is 0.410 e. The van der Waals surface area contributed by atoms with Crippen LogP contribution in [-0.4, -0.2) is 60.5 Å². The van der Waals surface area contributed by atoms with E-state index in [2.05, 4.69) is 15.0 Å². The number of benzene rings is 1. The molecule has 0 aliphatic carbocycles. The zero-order valence-corrected chi connectivity index (χ0v) is 19.8.